The highest BCUT2D eigenvalue weighted by Crippen LogP contribution is 2.22. The highest BCUT2D eigenvalue weighted by Gasteiger charge is 2.21. The SMILES string of the molecule is C=C(C)[C@@H](CC(=O)CC(=O)OC)CC(OC)OC. The van der Waals surface area contributed by atoms with Crippen molar-refractivity contribution in [2.24, 2.45) is 5.92 Å². The topological polar surface area (TPSA) is 61.8 Å². The molecule has 0 N–H and O–H groups in total. The summed E-state index contributed by atoms with van der Waals surface area (Å²) in [4.78, 5) is 22.7. The van der Waals surface area contributed by atoms with Gasteiger partial charge in [-0.25, -0.2) is 0 Å². The molecule has 18 heavy (non-hydrogen) atoms. The zero-order valence-electron chi connectivity index (χ0n) is 11.5. The number of carbonyl (C=O) groups excluding carboxylic acids is 2. The van der Waals surface area contributed by atoms with Gasteiger partial charge in [-0.15, -0.1) is 0 Å². The Morgan fingerprint density at radius 3 is 2.11 bits per heavy atom. The van der Waals surface area contributed by atoms with E-state index in [2.05, 4.69) is 11.3 Å². The van der Waals surface area contributed by atoms with Gasteiger partial charge in [-0.1, -0.05) is 12.2 Å². The van der Waals surface area contributed by atoms with Gasteiger partial charge in [-0.3, -0.25) is 9.59 Å². The maximum atomic E-state index is 11.7. The average molecular weight is 258 g/mol. The lowest BCUT2D eigenvalue weighted by atomic mass is 9.91. The molecule has 0 amide bonds. The van der Waals surface area contributed by atoms with Gasteiger partial charge in [0.1, 0.15) is 12.2 Å². The van der Waals surface area contributed by atoms with E-state index < -0.39 is 5.97 Å². The molecule has 0 aromatic carbocycles. The van der Waals surface area contributed by atoms with E-state index >= 15 is 0 Å². The monoisotopic (exact) mass is 258 g/mol. The van der Waals surface area contributed by atoms with Crippen LogP contribution in [0.5, 0.6) is 0 Å². The molecule has 5 nitrogen and oxygen atoms in total. The molecule has 1 atom stereocenters. The highest BCUT2D eigenvalue weighted by molar-refractivity contribution is 5.95. The third-order valence-corrected chi connectivity index (χ3v) is 2.74. The Bertz CT molecular complexity index is 294. The molecular weight excluding hydrogens is 236 g/mol. The molecule has 0 fully saturated rings. The summed E-state index contributed by atoms with van der Waals surface area (Å²) in [5, 5.41) is 0. The number of ketones is 1. The molecular formula is C13H22O5. The maximum absolute atomic E-state index is 11.7. The quantitative estimate of drug-likeness (QED) is 0.273. The largest absolute Gasteiger partial charge is 0.469 e. The second-order valence-corrected chi connectivity index (χ2v) is 4.18. The van der Waals surface area contributed by atoms with Crippen LogP contribution in [0.15, 0.2) is 12.2 Å². The summed E-state index contributed by atoms with van der Waals surface area (Å²) in [6.07, 6.45) is 0.200. The lowest BCUT2D eigenvalue weighted by Gasteiger charge is -2.21. The molecule has 104 valence electrons. The second kappa shape index (κ2) is 8.83. The summed E-state index contributed by atoms with van der Waals surface area (Å²) in [5.74, 6) is -0.747. The number of methoxy groups -OCH3 is 3. The van der Waals surface area contributed by atoms with Crippen molar-refractivity contribution in [3.63, 3.8) is 0 Å². The Hall–Kier alpha value is -1.20. The molecule has 0 radical (unpaired) electrons. The van der Waals surface area contributed by atoms with Gasteiger partial charge >= 0.3 is 5.97 Å². The standard InChI is InChI=1S/C13H22O5/c1-9(2)10(7-13(17-4)18-5)6-11(14)8-12(15)16-3/h10,13H,1,6-8H2,2-5H3/t10-/m0/s1. The third kappa shape index (κ3) is 6.51. The predicted octanol–water partition coefficient (Wildman–Crippen LogP) is 1.71. The average Bonchev–Trinajstić information content (AvgIpc) is 2.33. The summed E-state index contributed by atoms with van der Waals surface area (Å²) in [6, 6.07) is 0. The minimum atomic E-state index is -0.518. The lowest BCUT2D eigenvalue weighted by Crippen LogP contribution is -2.21. The van der Waals surface area contributed by atoms with Crippen molar-refractivity contribution >= 4 is 11.8 Å². The van der Waals surface area contributed by atoms with E-state index in [1.54, 1.807) is 14.2 Å². The van der Waals surface area contributed by atoms with Gasteiger partial charge in [0.25, 0.3) is 0 Å². The molecule has 0 saturated carbocycles. The first kappa shape index (κ1) is 16.8. The van der Waals surface area contributed by atoms with Crippen LogP contribution in [0.1, 0.15) is 26.2 Å². The van der Waals surface area contributed by atoms with E-state index in [0.717, 1.165) is 5.57 Å². The summed E-state index contributed by atoms with van der Waals surface area (Å²) in [5.41, 5.74) is 0.868. The van der Waals surface area contributed by atoms with Crippen LogP contribution in [0.25, 0.3) is 0 Å². The Balaban J connectivity index is 4.40. The van der Waals surface area contributed by atoms with Gasteiger partial charge < -0.3 is 14.2 Å². The van der Waals surface area contributed by atoms with Crippen LogP contribution in [0.3, 0.4) is 0 Å². The molecule has 0 unspecified atom stereocenters. The third-order valence-electron chi connectivity index (χ3n) is 2.74. The van der Waals surface area contributed by atoms with E-state index in [1.165, 1.54) is 7.11 Å². The molecule has 0 rings (SSSR count). The smallest absolute Gasteiger partial charge is 0.313 e. The van der Waals surface area contributed by atoms with E-state index in [-0.39, 0.29) is 30.8 Å². The van der Waals surface area contributed by atoms with Crippen LogP contribution >= 0.6 is 0 Å². The van der Waals surface area contributed by atoms with Gasteiger partial charge in [0.15, 0.2) is 6.29 Å². The Morgan fingerprint density at radius 2 is 1.72 bits per heavy atom. The van der Waals surface area contributed by atoms with Crippen molar-refractivity contribution in [1.82, 2.24) is 0 Å². The minimum Gasteiger partial charge on any atom is -0.469 e. The van der Waals surface area contributed by atoms with Crippen LogP contribution in [0, 0.1) is 5.92 Å². The normalized spacial score (nSPS) is 12.3. The highest BCUT2D eigenvalue weighted by atomic mass is 16.7. The zero-order chi connectivity index (χ0) is 14.1. The molecule has 0 aromatic rings. The number of hydrogen-bond donors (Lipinski definition) is 0. The summed E-state index contributed by atoms with van der Waals surface area (Å²) in [7, 11) is 4.34. The Labute approximate surface area is 108 Å². The van der Waals surface area contributed by atoms with E-state index in [1.807, 2.05) is 6.92 Å². The maximum Gasteiger partial charge on any atom is 0.313 e. The first-order valence-electron chi connectivity index (χ1n) is 5.74. The number of ether oxygens (including phenoxy) is 3. The van der Waals surface area contributed by atoms with Gasteiger partial charge in [-0.2, -0.15) is 0 Å². The molecule has 0 aromatic heterocycles. The molecule has 0 saturated heterocycles. The van der Waals surface area contributed by atoms with Crippen LogP contribution < -0.4 is 0 Å². The van der Waals surface area contributed by atoms with Crippen LogP contribution in [-0.2, 0) is 23.8 Å². The van der Waals surface area contributed by atoms with E-state index in [0.29, 0.717) is 6.42 Å². The Morgan fingerprint density at radius 1 is 1.17 bits per heavy atom. The molecule has 0 aliphatic rings. The van der Waals surface area contributed by atoms with E-state index in [4.69, 9.17) is 9.47 Å². The molecule has 0 bridgehead atoms. The second-order valence-electron chi connectivity index (χ2n) is 4.18. The minimum absolute atomic E-state index is 0.0629. The fraction of sp³-hybridized carbons (Fsp3) is 0.692. The number of hydrogen-bond acceptors (Lipinski definition) is 5. The van der Waals surface area contributed by atoms with Crippen molar-refractivity contribution in [2.75, 3.05) is 21.3 Å². The predicted molar refractivity (Wildman–Crippen MR) is 67.0 cm³/mol. The first-order valence-corrected chi connectivity index (χ1v) is 5.74. The Kier molecular flexibility index (Phi) is 8.24. The van der Waals surface area contributed by atoms with Gasteiger partial charge in [0, 0.05) is 27.1 Å². The van der Waals surface area contributed by atoms with Crippen LogP contribution in [0.2, 0.25) is 0 Å². The molecule has 5 heteroatoms. The van der Waals surface area contributed by atoms with Crippen LogP contribution in [0.4, 0.5) is 0 Å². The van der Waals surface area contributed by atoms with Crippen molar-refractivity contribution in [3.8, 4) is 0 Å². The number of allylic oxidation sites excluding steroid dienone is 1. The van der Waals surface area contributed by atoms with Crippen molar-refractivity contribution in [1.29, 1.82) is 0 Å². The van der Waals surface area contributed by atoms with Crippen LogP contribution in [-0.4, -0.2) is 39.4 Å². The van der Waals surface area contributed by atoms with Gasteiger partial charge in [0.05, 0.1) is 7.11 Å². The summed E-state index contributed by atoms with van der Waals surface area (Å²) >= 11 is 0. The summed E-state index contributed by atoms with van der Waals surface area (Å²) in [6.45, 7) is 5.70. The molecule has 0 aliphatic carbocycles. The van der Waals surface area contributed by atoms with Crippen molar-refractivity contribution in [3.05, 3.63) is 12.2 Å². The molecule has 0 aliphatic heterocycles. The van der Waals surface area contributed by atoms with Gasteiger partial charge in [-0.05, 0) is 12.8 Å². The van der Waals surface area contributed by atoms with E-state index in [9.17, 15) is 9.59 Å². The number of rotatable bonds is 9. The number of esters is 1. The number of carbonyl (C=O) groups is 2. The fourth-order valence-corrected chi connectivity index (χ4v) is 1.56. The summed E-state index contributed by atoms with van der Waals surface area (Å²) < 4.78 is 14.7. The molecule has 0 spiro atoms. The first-order chi connectivity index (χ1) is 8.44. The van der Waals surface area contributed by atoms with Crippen molar-refractivity contribution in [2.45, 2.75) is 32.5 Å². The van der Waals surface area contributed by atoms with Crippen molar-refractivity contribution < 1.29 is 23.8 Å². The molecule has 0 heterocycles. The lowest BCUT2D eigenvalue weighted by molar-refractivity contribution is -0.143. The number of Topliss-reactive ketones (excluding diaryl/α,β-unsaturated/α-hetero) is 1. The fourth-order valence-electron chi connectivity index (χ4n) is 1.56. The van der Waals surface area contributed by atoms with Gasteiger partial charge in [0.2, 0.25) is 0 Å². The zero-order valence-corrected chi connectivity index (χ0v) is 11.5.